The Kier molecular flexibility index (Phi) is 11.2. The topological polar surface area (TPSA) is 0 Å². The third-order valence-corrected chi connectivity index (χ3v) is 6.94. The summed E-state index contributed by atoms with van der Waals surface area (Å²) in [5.41, 5.74) is 0. The molecule has 0 heterocycles. The highest BCUT2D eigenvalue weighted by atomic mass is 14.2. The van der Waals surface area contributed by atoms with Gasteiger partial charge in [0.2, 0.25) is 0 Å². The molecular formula is C28H56. The summed E-state index contributed by atoms with van der Waals surface area (Å²) in [5.74, 6) is 0.553. The fourth-order valence-corrected chi connectivity index (χ4v) is 4.74. The lowest BCUT2D eigenvalue weighted by atomic mass is 9.88. The van der Waals surface area contributed by atoms with Crippen LogP contribution in [0.4, 0.5) is 0 Å². The Balaban J connectivity index is 0.000000228. The average molecular weight is 399 g/mol. The molecule has 0 nitrogen and oxygen atoms in total. The zero-order valence-electron chi connectivity index (χ0n) is 25.9. The molecule has 0 saturated heterocycles. The van der Waals surface area contributed by atoms with Crippen LogP contribution in [0.1, 0.15) is 164 Å². The minimum atomic E-state index is -0.930. The van der Waals surface area contributed by atoms with Crippen molar-refractivity contribution in [1.82, 2.24) is 0 Å². The highest BCUT2D eigenvalue weighted by molar-refractivity contribution is 4.65. The highest BCUT2D eigenvalue weighted by Gasteiger charge is 2.11. The van der Waals surface area contributed by atoms with E-state index in [1.165, 1.54) is 64.2 Å². The molecule has 4 rings (SSSR count). The molecule has 4 aliphatic carbocycles. The Labute approximate surface area is 188 Å². The molecule has 28 heavy (non-hydrogen) atoms. The summed E-state index contributed by atoms with van der Waals surface area (Å²) >= 11 is 0. The van der Waals surface area contributed by atoms with Gasteiger partial charge >= 0.3 is 0 Å². The number of hydrogen-bond donors (Lipinski definition) is 0. The third kappa shape index (κ3) is 14.1. The molecular weight excluding hydrogens is 336 g/mol. The number of hydrogen-bond acceptors (Lipinski definition) is 0. The normalized spacial score (nSPS) is 30.9. The second kappa shape index (κ2) is 17.8. The summed E-state index contributed by atoms with van der Waals surface area (Å²) in [7, 11) is 0. The molecule has 0 aromatic carbocycles. The quantitative estimate of drug-likeness (QED) is 0.434. The molecule has 0 unspecified atom stereocenters. The zero-order chi connectivity index (χ0) is 25.9. The van der Waals surface area contributed by atoms with Crippen molar-refractivity contribution in [2.75, 3.05) is 0 Å². The molecule has 0 aromatic rings. The molecule has 0 N–H and O–H groups in total. The zero-order valence-corrected chi connectivity index (χ0v) is 19.9. The van der Waals surface area contributed by atoms with E-state index in [4.69, 9.17) is 8.22 Å². The van der Waals surface area contributed by atoms with Gasteiger partial charge in [-0.25, -0.2) is 0 Å². The molecule has 4 saturated carbocycles. The maximum atomic E-state index is 7.63. The van der Waals surface area contributed by atoms with Crippen LogP contribution in [-0.4, -0.2) is 0 Å². The van der Waals surface area contributed by atoms with Gasteiger partial charge in [-0.2, -0.15) is 0 Å². The molecule has 0 aliphatic heterocycles. The largest absolute Gasteiger partial charge is 0.0651 e. The summed E-state index contributed by atoms with van der Waals surface area (Å²) in [6.07, 6.45) is 19.7. The van der Waals surface area contributed by atoms with E-state index in [0.717, 1.165) is 51.4 Å². The minimum Gasteiger partial charge on any atom is -0.0651 e. The molecule has 168 valence electrons. The summed E-state index contributed by atoms with van der Waals surface area (Å²) in [6, 6.07) is 0. The first kappa shape index (κ1) is 17.7. The molecule has 0 atom stereocenters. The summed E-state index contributed by atoms with van der Waals surface area (Å²) in [5, 5.41) is 0. The molecule has 0 heteroatoms. The van der Waals surface area contributed by atoms with Gasteiger partial charge in [0.15, 0.2) is 0 Å². The first-order valence-corrected chi connectivity index (χ1v) is 12.6. The van der Waals surface area contributed by atoms with Crippen LogP contribution in [-0.2, 0) is 0 Å². The van der Waals surface area contributed by atoms with Crippen molar-refractivity contribution >= 4 is 0 Å². The van der Waals surface area contributed by atoms with Crippen LogP contribution >= 0.6 is 0 Å². The van der Waals surface area contributed by atoms with Crippen molar-refractivity contribution in [2.45, 2.75) is 156 Å². The maximum absolute atomic E-state index is 7.63. The lowest BCUT2D eigenvalue weighted by molar-refractivity contribution is 0.349. The summed E-state index contributed by atoms with van der Waals surface area (Å²) < 4.78 is 44.9. The Morgan fingerprint density at radius 3 is 0.964 bits per heavy atom. The fraction of sp³-hybridized carbons (Fsp3) is 1.00. The predicted molar refractivity (Wildman–Crippen MR) is 129 cm³/mol. The molecule has 0 aromatic heterocycles. The minimum absolute atomic E-state index is 0.0556. The van der Waals surface area contributed by atoms with Gasteiger partial charge in [0, 0.05) is 8.22 Å². The number of rotatable bonds is 2. The van der Waals surface area contributed by atoms with E-state index in [-0.39, 0.29) is 11.8 Å². The monoisotopic (exact) mass is 398 g/mol. The smallest absolute Gasteiger partial charge is 0.0300 e. The SMILES string of the molecule is [2H]C([2H])(C)C1CCCC1.[2H]C([2H])(C)C1CCCCC1.[2H]C1(C)CCCC1.[2H]C1(C)CCCCC1. The van der Waals surface area contributed by atoms with Gasteiger partial charge < -0.3 is 0 Å². The van der Waals surface area contributed by atoms with Gasteiger partial charge in [-0.05, 0) is 23.6 Å². The molecule has 4 fully saturated rings. The van der Waals surface area contributed by atoms with Crippen molar-refractivity contribution in [3.63, 3.8) is 0 Å². The van der Waals surface area contributed by atoms with Crippen molar-refractivity contribution in [3.8, 4) is 0 Å². The summed E-state index contributed by atoms with van der Waals surface area (Å²) in [4.78, 5) is 0. The standard InChI is InChI=1S/C8H16.2C7H14.C6H12/c1-2-8-6-4-3-5-7-8;1-7-5-3-2-4-6-7;1-2-7-5-3-4-6-7;1-6-4-2-3-5-6/h8H,2-7H2,1H3;2*7H,2-6H2,1H3;6H,2-5H2,1H3/i2D2;7D;2D2;6D. The highest BCUT2D eigenvalue weighted by Crippen LogP contribution is 2.27. The van der Waals surface area contributed by atoms with Crippen LogP contribution in [0.2, 0.25) is 0 Å². The van der Waals surface area contributed by atoms with Gasteiger partial charge in [-0.15, -0.1) is 0 Å². The Morgan fingerprint density at radius 2 is 0.750 bits per heavy atom. The predicted octanol–water partition coefficient (Wildman–Crippen LogP) is 10.3. The van der Waals surface area contributed by atoms with E-state index in [9.17, 15) is 0 Å². The van der Waals surface area contributed by atoms with Gasteiger partial charge in [-0.1, -0.05) is 156 Å². The first-order chi connectivity index (χ1) is 15.6. The molecule has 0 amide bonds. The second-order valence-corrected chi connectivity index (χ2v) is 9.58. The molecule has 0 radical (unpaired) electrons. The summed E-state index contributed by atoms with van der Waals surface area (Å²) in [6.45, 7) is 7.48. The lowest BCUT2D eigenvalue weighted by Gasteiger charge is -2.18. The van der Waals surface area contributed by atoms with Gasteiger partial charge in [0.25, 0.3) is 0 Å². The Morgan fingerprint density at radius 1 is 0.500 bits per heavy atom. The fourth-order valence-electron chi connectivity index (χ4n) is 4.74. The lowest BCUT2D eigenvalue weighted by Crippen LogP contribution is -2.03. The van der Waals surface area contributed by atoms with Crippen molar-refractivity contribution in [3.05, 3.63) is 0 Å². The van der Waals surface area contributed by atoms with Crippen molar-refractivity contribution in [1.29, 1.82) is 0 Å². The Hall–Kier alpha value is 0. The van der Waals surface area contributed by atoms with E-state index in [0.29, 0.717) is 11.8 Å². The van der Waals surface area contributed by atoms with Crippen molar-refractivity contribution in [2.24, 2.45) is 23.6 Å². The average Bonchev–Trinajstić information content (AvgIpc) is 3.41. The third-order valence-electron chi connectivity index (χ3n) is 6.94. The molecule has 0 bridgehead atoms. The Bertz CT molecular complexity index is 504. The van der Waals surface area contributed by atoms with E-state index in [1.54, 1.807) is 13.8 Å². The van der Waals surface area contributed by atoms with Gasteiger partial charge in [-0.3, -0.25) is 0 Å². The van der Waals surface area contributed by atoms with Crippen LogP contribution < -0.4 is 0 Å². The van der Waals surface area contributed by atoms with E-state index in [1.807, 2.05) is 13.8 Å². The maximum Gasteiger partial charge on any atom is 0.0300 e. The van der Waals surface area contributed by atoms with Crippen LogP contribution in [0.3, 0.4) is 0 Å². The van der Waals surface area contributed by atoms with Crippen LogP contribution in [0.15, 0.2) is 0 Å². The van der Waals surface area contributed by atoms with Gasteiger partial charge in [0.05, 0.1) is 0 Å². The van der Waals surface area contributed by atoms with Crippen LogP contribution in [0, 0.1) is 23.6 Å². The van der Waals surface area contributed by atoms with Crippen LogP contribution in [0.5, 0.6) is 0 Å². The van der Waals surface area contributed by atoms with Crippen LogP contribution in [0.25, 0.3) is 0 Å². The van der Waals surface area contributed by atoms with Gasteiger partial charge in [0.1, 0.15) is 0 Å². The van der Waals surface area contributed by atoms with E-state index in [2.05, 4.69) is 0 Å². The first-order valence-electron chi connectivity index (χ1n) is 15.6. The van der Waals surface area contributed by atoms with E-state index >= 15 is 0 Å². The van der Waals surface area contributed by atoms with Crippen molar-refractivity contribution < 1.29 is 8.22 Å². The van der Waals surface area contributed by atoms with E-state index < -0.39 is 12.7 Å². The second-order valence-electron chi connectivity index (χ2n) is 9.58. The molecule has 0 spiro atoms. The molecule has 4 aliphatic rings.